The molecule has 2 rings (SSSR count). The van der Waals surface area contributed by atoms with Gasteiger partial charge in [0.2, 0.25) is 0 Å². The minimum absolute atomic E-state index is 0.180. The van der Waals surface area contributed by atoms with Crippen molar-refractivity contribution >= 4 is 34.1 Å². The normalized spacial score (nSPS) is 10.8. The number of thiophene rings is 1. The lowest BCUT2D eigenvalue weighted by Crippen LogP contribution is -1.67. The third kappa shape index (κ3) is 1.04. The van der Waals surface area contributed by atoms with Crippen molar-refractivity contribution < 1.29 is 10.2 Å². The Morgan fingerprint density at radius 2 is 2.00 bits per heavy atom. The Kier molecular flexibility index (Phi) is 1.66. The Labute approximate surface area is 78.5 Å². The van der Waals surface area contributed by atoms with Gasteiger partial charge in [0.15, 0.2) is 5.06 Å². The number of phenols is 1. The second-order valence-electron chi connectivity index (χ2n) is 2.43. The van der Waals surface area contributed by atoms with E-state index in [1.54, 1.807) is 12.1 Å². The van der Waals surface area contributed by atoms with E-state index in [0.29, 0.717) is 5.39 Å². The second-order valence-corrected chi connectivity index (χ2v) is 3.94. The first kappa shape index (κ1) is 7.76. The zero-order valence-electron chi connectivity index (χ0n) is 5.98. The molecular formula is C8H6O2S2. The van der Waals surface area contributed by atoms with Crippen LogP contribution in [0.1, 0.15) is 0 Å². The summed E-state index contributed by atoms with van der Waals surface area (Å²) in [5.41, 5.74) is 0. The topological polar surface area (TPSA) is 40.5 Å². The molecule has 0 bridgehead atoms. The number of benzene rings is 1. The van der Waals surface area contributed by atoms with Crippen LogP contribution in [0.25, 0.3) is 10.1 Å². The molecule has 0 amide bonds. The summed E-state index contributed by atoms with van der Waals surface area (Å²) in [6.07, 6.45) is 0. The highest BCUT2D eigenvalue weighted by Crippen LogP contribution is 2.39. The van der Waals surface area contributed by atoms with Crippen LogP contribution in [0.5, 0.6) is 10.8 Å². The van der Waals surface area contributed by atoms with Crippen molar-refractivity contribution in [1.29, 1.82) is 0 Å². The monoisotopic (exact) mass is 198 g/mol. The highest BCUT2D eigenvalue weighted by Gasteiger charge is 2.06. The minimum Gasteiger partial charge on any atom is -0.507 e. The molecule has 4 heteroatoms. The van der Waals surface area contributed by atoms with Gasteiger partial charge in [-0.1, -0.05) is 11.3 Å². The van der Waals surface area contributed by atoms with Gasteiger partial charge in [-0.3, -0.25) is 0 Å². The molecule has 12 heavy (non-hydrogen) atoms. The molecule has 1 heterocycles. The molecule has 0 atom stereocenters. The summed E-state index contributed by atoms with van der Waals surface area (Å²) in [5.74, 6) is 0.180. The molecule has 2 nitrogen and oxygen atoms in total. The molecule has 0 aliphatic rings. The maximum atomic E-state index is 9.37. The van der Waals surface area contributed by atoms with Gasteiger partial charge in [0, 0.05) is 16.3 Å². The van der Waals surface area contributed by atoms with Gasteiger partial charge in [-0.15, -0.1) is 12.6 Å². The van der Waals surface area contributed by atoms with Gasteiger partial charge in [-0.25, -0.2) is 0 Å². The first-order chi connectivity index (χ1) is 5.68. The average molecular weight is 198 g/mol. The summed E-state index contributed by atoms with van der Waals surface area (Å²) in [6.45, 7) is 0. The molecular weight excluding hydrogens is 192 g/mol. The fourth-order valence-electron chi connectivity index (χ4n) is 1.08. The van der Waals surface area contributed by atoms with Crippen LogP contribution in [0.4, 0.5) is 0 Å². The van der Waals surface area contributed by atoms with Crippen LogP contribution in [0.3, 0.4) is 0 Å². The van der Waals surface area contributed by atoms with Gasteiger partial charge in [0.25, 0.3) is 0 Å². The zero-order valence-corrected chi connectivity index (χ0v) is 7.69. The van der Waals surface area contributed by atoms with Gasteiger partial charge in [0.05, 0.1) is 4.70 Å². The van der Waals surface area contributed by atoms with Gasteiger partial charge < -0.3 is 10.2 Å². The predicted octanol–water partition coefficient (Wildman–Crippen LogP) is 2.60. The van der Waals surface area contributed by atoms with Gasteiger partial charge in [-0.2, -0.15) is 0 Å². The number of rotatable bonds is 0. The molecule has 2 N–H and O–H groups in total. The molecule has 0 unspecified atom stereocenters. The Bertz CT molecular complexity index is 395. The van der Waals surface area contributed by atoms with Crippen LogP contribution in [0, 0.1) is 0 Å². The van der Waals surface area contributed by atoms with E-state index in [1.165, 1.54) is 17.4 Å². The van der Waals surface area contributed by atoms with Gasteiger partial charge in [-0.05, 0) is 12.1 Å². The Morgan fingerprint density at radius 3 is 2.67 bits per heavy atom. The number of hydrogen-bond acceptors (Lipinski definition) is 4. The van der Waals surface area contributed by atoms with Gasteiger partial charge in [0.1, 0.15) is 5.75 Å². The third-order valence-corrected chi connectivity index (χ3v) is 3.12. The highest BCUT2D eigenvalue weighted by atomic mass is 32.1. The lowest BCUT2D eigenvalue weighted by molar-refractivity contribution is 0.479. The van der Waals surface area contributed by atoms with Crippen LogP contribution in [0.2, 0.25) is 0 Å². The first-order valence-corrected chi connectivity index (χ1v) is 4.58. The number of fused-ring (bicyclic) bond motifs is 1. The molecule has 0 radical (unpaired) electrons. The molecule has 0 spiro atoms. The predicted molar refractivity (Wildman–Crippen MR) is 52.4 cm³/mol. The number of phenolic OH excluding ortho intramolecular Hbond substituents is 1. The maximum absolute atomic E-state index is 9.37. The summed E-state index contributed by atoms with van der Waals surface area (Å²) >= 11 is 5.41. The first-order valence-electron chi connectivity index (χ1n) is 3.32. The van der Waals surface area contributed by atoms with E-state index in [9.17, 15) is 10.2 Å². The van der Waals surface area contributed by atoms with E-state index in [2.05, 4.69) is 12.6 Å². The Balaban J connectivity index is 2.93. The van der Waals surface area contributed by atoms with Crippen molar-refractivity contribution in [2.24, 2.45) is 0 Å². The highest BCUT2D eigenvalue weighted by molar-refractivity contribution is 7.80. The van der Waals surface area contributed by atoms with Crippen LogP contribution >= 0.6 is 24.0 Å². The summed E-state index contributed by atoms with van der Waals surface area (Å²) < 4.78 is 0.816. The van der Waals surface area contributed by atoms with E-state index < -0.39 is 0 Å². The van der Waals surface area contributed by atoms with Crippen molar-refractivity contribution in [2.75, 3.05) is 0 Å². The number of thiol groups is 1. The summed E-state index contributed by atoms with van der Waals surface area (Å²) in [4.78, 5) is 0.771. The van der Waals surface area contributed by atoms with E-state index in [4.69, 9.17) is 0 Å². The fraction of sp³-hybridized carbons (Fsp3) is 0. The maximum Gasteiger partial charge on any atom is 0.172 e. The minimum atomic E-state index is 0.180. The van der Waals surface area contributed by atoms with E-state index in [1.807, 2.05) is 0 Å². The molecule has 2 aromatic rings. The van der Waals surface area contributed by atoms with Crippen molar-refractivity contribution in [2.45, 2.75) is 4.90 Å². The van der Waals surface area contributed by atoms with E-state index >= 15 is 0 Å². The van der Waals surface area contributed by atoms with Gasteiger partial charge >= 0.3 is 0 Å². The summed E-state index contributed by atoms with van der Waals surface area (Å²) in [7, 11) is 0. The second kappa shape index (κ2) is 2.57. The fourth-order valence-corrected chi connectivity index (χ4v) is 2.25. The zero-order chi connectivity index (χ0) is 8.72. The van der Waals surface area contributed by atoms with Crippen LogP contribution < -0.4 is 0 Å². The summed E-state index contributed by atoms with van der Waals surface area (Å²) in [5, 5.41) is 19.4. The van der Waals surface area contributed by atoms with Crippen molar-refractivity contribution in [3.63, 3.8) is 0 Å². The molecule has 62 valence electrons. The lowest BCUT2D eigenvalue weighted by atomic mass is 10.2. The largest absolute Gasteiger partial charge is 0.507 e. The van der Waals surface area contributed by atoms with Crippen LogP contribution in [-0.2, 0) is 0 Å². The molecule has 0 aliphatic carbocycles. The Hall–Kier alpha value is -0.870. The molecule has 0 fully saturated rings. The van der Waals surface area contributed by atoms with Crippen LogP contribution in [-0.4, -0.2) is 10.2 Å². The van der Waals surface area contributed by atoms with Crippen molar-refractivity contribution in [3.8, 4) is 10.8 Å². The SMILES string of the molecule is Oc1cc2c(O)ccc(S)c2s1. The van der Waals surface area contributed by atoms with E-state index in [-0.39, 0.29) is 10.8 Å². The van der Waals surface area contributed by atoms with E-state index in [0.717, 1.165) is 9.60 Å². The molecule has 0 saturated heterocycles. The Morgan fingerprint density at radius 1 is 1.25 bits per heavy atom. The molecule has 1 aromatic heterocycles. The number of hydrogen-bond donors (Lipinski definition) is 3. The number of aromatic hydroxyl groups is 2. The van der Waals surface area contributed by atoms with Crippen molar-refractivity contribution in [1.82, 2.24) is 0 Å². The quantitative estimate of drug-likeness (QED) is 0.569. The standard InChI is InChI=1S/C8H6O2S2/c9-5-1-2-6(11)8-4(5)3-7(10)12-8/h1-3,9-11H. The smallest absolute Gasteiger partial charge is 0.172 e. The summed E-state index contributed by atoms with van der Waals surface area (Å²) in [6, 6.07) is 4.81. The van der Waals surface area contributed by atoms with Crippen molar-refractivity contribution in [3.05, 3.63) is 18.2 Å². The van der Waals surface area contributed by atoms with Crippen LogP contribution in [0.15, 0.2) is 23.1 Å². The lowest BCUT2D eigenvalue weighted by Gasteiger charge is -1.95. The molecule has 1 aromatic carbocycles. The molecule has 0 aliphatic heterocycles. The third-order valence-electron chi connectivity index (χ3n) is 1.63. The molecule has 0 saturated carbocycles. The average Bonchev–Trinajstić information content (AvgIpc) is 2.41.